The minimum absolute atomic E-state index is 0.0194. The van der Waals surface area contributed by atoms with Crippen molar-refractivity contribution in [3.8, 4) is 0 Å². The Morgan fingerprint density at radius 3 is 2.48 bits per heavy atom. The molecule has 0 aliphatic carbocycles. The van der Waals surface area contributed by atoms with Crippen molar-refractivity contribution in [2.75, 3.05) is 0 Å². The maximum atomic E-state index is 12.4. The molecule has 2 N–H and O–H groups in total. The maximum absolute atomic E-state index is 12.4. The van der Waals surface area contributed by atoms with Gasteiger partial charge in [0.2, 0.25) is 0 Å². The van der Waals surface area contributed by atoms with Crippen molar-refractivity contribution in [1.82, 2.24) is 4.90 Å². The first-order chi connectivity index (χ1) is 11.8. The number of carbonyl (C=O) groups is 3. The lowest BCUT2D eigenvalue weighted by atomic mass is 10.2. The topological polar surface area (TPSA) is 94.9 Å². The van der Waals surface area contributed by atoms with Gasteiger partial charge in [-0.2, -0.15) is 0 Å². The number of allylic oxidation sites excluding steroid dienone is 2. The van der Waals surface area contributed by atoms with Crippen molar-refractivity contribution in [2.24, 2.45) is 0 Å². The van der Waals surface area contributed by atoms with E-state index in [0.717, 1.165) is 22.2 Å². The summed E-state index contributed by atoms with van der Waals surface area (Å²) in [6, 6.07) is 7.61. The number of carboxylic acid groups (broad SMARTS) is 2. The van der Waals surface area contributed by atoms with Crippen LogP contribution in [0.3, 0.4) is 0 Å². The number of thioether (sulfide) groups is 1. The van der Waals surface area contributed by atoms with Crippen LogP contribution in [0.15, 0.2) is 46.3 Å². The predicted molar refractivity (Wildman–Crippen MR) is 99.1 cm³/mol. The summed E-state index contributed by atoms with van der Waals surface area (Å²) in [6.45, 7) is 0. The summed E-state index contributed by atoms with van der Waals surface area (Å²) >= 11 is 12.0. The minimum Gasteiger partial charge on any atom is -0.481 e. The van der Waals surface area contributed by atoms with E-state index in [1.807, 2.05) is 30.3 Å². The Hall–Kier alpha value is -2.16. The van der Waals surface area contributed by atoms with Crippen LogP contribution in [0.1, 0.15) is 12.0 Å². The van der Waals surface area contributed by atoms with Gasteiger partial charge in [0.05, 0.1) is 11.3 Å². The number of hydrogen-bond donors (Lipinski definition) is 2. The van der Waals surface area contributed by atoms with E-state index in [-0.39, 0.29) is 14.3 Å². The summed E-state index contributed by atoms with van der Waals surface area (Å²) < 4.78 is -0.0194. The largest absolute Gasteiger partial charge is 0.481 e. The van der Waals surface area contributed by atoms with Crippen LogP contribution in [-0.4, -0.2) is 43.3 Å². The maximum Gasteiger partial charge on any atom is 0.327 e. The molecule has 1 heterocycles. The molecule has 1 saturated heterocycles. The molecule has 0 radical (unpaired) electrons. The summed E-state index contributed by atoms with van der Waals surface area (Å²) in [5.41, 5.74) is 0.827. The summed E-state index contributed by atoms with van der Waals surface area (Å²) in [5.74, 6) is -3.46. The first-order valence-electron chi connectivity index (χ1n) is 6.93. The normalized spacial score (nSPS) is 17.9. The molecule has 6 nitrogen and oxygen atoms in total. The van der Waals surface area contributed by atoms with Crippen molar-refractivity contribution < 1.29 is 24.6 Å². The Morgan fingerprint density at radius 1 is 1.28 bits per heavy atom. The second-order valence-corrected chi connectivity index (χ2v) is 7.06. The van der Waals surface area contributed by atoms with E-state index < -0.39 is 30.3 Å². The lowest BCUT2D eigenvalue weighted by Crippen LogP contribution is -2.45. The molecular weight excluding hydrogens is 386 g/mol. The molecule has 1 aromatic rings. The van der Waals surface area contributed by atoms with Gasteiger partial charge in [-0.15, -0.1) is 0 Å². The summed E-state index contributed by atoms with van der Waals surface area (Å²) in [5, 5.41) is 18.3. The Morgan fingerprint density at radius 2 is 1.92 bits per heavy atom. The van der Waals surface area contributed by atoms with Crippen molar-refractivity contribution in [3.05, 3.63) is 51.9 Å². The number of hydrogen-bond acceptors (Lipinski definition) is 5. The van der Waals surface area contributed by atoms with Crippen LogP contribution < -0.4 is 0 Å². The van der Waals surface area contributed by atoms with Crippen LogP contribution in [-0.2, 0) is 14.4 Å². The molecule has 0 bridgehead atoms. The second kappa shape index (κ2) is 8.28. The molecule has 1 aliphatic rings. The molecule has 1 amide bonds. The molecule has 1 fully saturated rings. The zero-order valence-electron chi connectivity index (χ0n) is 12.6. The predicted octanol–water partition coefficient (Wildman–Crippen LogP) is 2.94. The van der Waals surface area contributed by atoms with Gasteiger partial charge in [0, 0.05) is 5.03 Å². The fraction of sp³-hybridized carbons (Fsp3) is 0.125. The molecule has 130 valence electrons. The van der Waals surface area contributed by atoms with E-state index in [1.54, 1.807) is 6.08 Å². The van der Waals surface area contributed by atoms with Gasteiger partial charge in [0.25, 0.3) is 5.91 Å². The molecule has 25 heavy (non-hydrogen) atoms. The summed E-state index contributed by atoms with van der Waals surface area (Å²) in [4.78, 5) is 35.5. The first kappa shape index (κ1) is 19.2. The minimum atomic E-state index is -1.56. The Kier molecular flexibility index (Phi) is 6.35. The molecule has 0 unspecified atom stereocenters. The molecular formula is C16H12ClNO5S2. The third kappa shape index (κ3) is 4.91. The quantitative estimate of drug-likeness (QED) is 0.562. The van der Waals surface area contributed by atoms with E-state index >= 15 is 0 Å². The number of aliphatic carboxylic acids is 2. The van der Waals surface area contributed by atoms with Crippen molar-refractivity contribution in [2.45, 2.75) is 12.5 Å². The fourth-order valence-electron chi connectivity index (χ4n) is 2.08. The number of benzene rings is 1. The SMILES string of the molecule is O=C(O)C[C@H](C(=O)O)N1C(=O)/C(=C/C(Cl)=C/c2ccccc2)SC1=S. The smallest absolute Gasteiger partial charge is 0.327 e. The van der Waals surface area contributed by atoms with Gasteiger partial charge in [-0.05, 0) is 17.7 Å². The molecule has 9 heteroatoms. The molecule has 2 rings (SSSR count). The van der Waals surface area contributed by atoms with E-state index in [4.69, 9.17) is 28.9 Å². The van der Waals surface area contributed by atoms with Gasteiger partial charge < -0.3 is 10.2 Å². The van der Waals surface area contributed by atoms with Gasteiger partial charge in [-0.1, -0.05) is 65.9 Å². The summed E-state index contributed by atoms with van der Waals surface area (Å²) in [7, 11) is 0. The number of rotatable bonds is 6. The van der Waals surface area contributed by atoms with Crippen LogP contribution in [0, 0.1) is 0 Å². The van der Waals surface area contributed by atoms with Gasteiger partial charge in [-0.25, -0.2) is 4.79 Å². The molecule has 0 aromatic heterocycles. The lowest BCUT2D eigenvalue weighted by molar-refractivity contribution is -0.150. The van der Waals surface area contributed by atoms with Gasteiger partial charge >= 0.3 is 11.9 Å². The van der Waals surface area contributed by atoms with Crippen LogP contribution >= 0.6 is 35.6 Å². The highest BCUT2D eigenvalue weighted by Crippen LogP contribution is 2.34. The highest BCUT2D eigenvalue weighted by molar-refractivity contribution is 8.26. The number of nitrogens with zero attached hydrogens (tertiary/aromatic N) is 1. The van der Waals surface area contributed by atoms with Crippen molar-refractivity contribution >= 4 is 63.8 Å². The fourth-order valence-corrected chi connectivity index (χ4v) is 3.73. The second-order valence-electron chi connectivity index (χ2n) is 4.94. The average Bonchev–Trinajstić information content (AvgIpc) is 2.79. The first-order valence-corrected chi connectivity index (χ1v) is 8.53. The summed E-state index contributed by atoms with van der Waals surface area (Å²) in [6.07, 6.45) is 2.27. The zero-order chi connectivity index (χ0) is 18.6. The molecule has 1 aromatic carbocycles. The van der Waals surface area contributed by atoms with Gasteiger partial charge in [0.15, 0.2) is 0 Å². The molecule has 0 saturated carbocycles. The third-order valence-electron chi connectivity index (χ3n) is 3.16. The van der Waals surface area contributed by atoms with Crippen LogP contribution in [0.25, 0.3) is 6.08 Å². The van der Waals surface area contributed by atoms with Crippen molar-refractivity contribution in [1.29, 1.82) is 0 Å². The Balaban J connectivity index is 2.26. The number of halogens is 1. The number of thiocarbonyl (C=S) groups is 1. The van der Waals surface area contributed by atoms with Crippen LogP contribution in [0.5, 0.6) is 0 Å². The van der Waals surface area contributed by atoms with Crippen molar-refractivity contribution in [3.63, 3.8) is 0 Å². The number of carboxylic acids is 2. The lowest BCUT2D eigenvalue weighted by Gasteiger charge is -2.21. The van der Waals surface area contributed by atoms with Crippen LogP contribution in [0.4, 0.5) is 0 Å². The Labute approximate surface area is 157 Å². The van der Waals surface area contributed by atoms with E-state index in [9.17, 15) is 19.5 Å². The number of carbonyl (C=O) groups excluding carboxylic acids is 1. The third-order valence-corrected chi connectivity index (χ3v) is 4.71. The molecule has 0 spiro atoms. The highest BCUT2D eigenvalue weighted by atomic mass is 35.5. The molecule has 1 aliphatic heterocycles. The number of amides is 1. The van der Waals surface area contributed by atoms with E-state index in [0.29, 0.717) is 0 Å². The van der Waals surface area contributed by atoms with E-state index in [1.165, 1.54) is 6.08 Å². The zero-order valence-corrected chi connectivity index (χ0v) is 15.0. The molecule has 1 atom stereocenters. The van der Waals surface area contributed by atoms with Gasteiger partial charge in [-0.3, -0.25) is 14.5 Å². The van der Waals surface area contributed by atoms with Crippen LogP contribution in [0.2, 0.25) is 0 Å². The Bertz CT molecular complexity index is 791. The average molecular weight is 398 g/mol. The van der Waals surface area contributed by atoms with E-state index in [2.05, 4.69) is 0 Å². The monoisotopic (exact) mass is 397 g/mol. The highest BCUT2D eigenvalue weighted by Gasteiger charge is 2.41. The van der Waals surface area contributed by atoms with Gasteiger partial charge in [0.1, 0.15) is 10.4 Å². The standard InChI is InChI=1S/C16H12ClNO5S2/c17-10(6-9-4-2-1-3-5-9)7-12-14(21)18(16(24)25-12)11(15(22)23)8-13(19)20/h1-7,11H,8H2,(H,19,20)(H,22,23)/b10-6-,12-7-/t11-/m1/s1.